The second-order valence-corrected chi connectivity index (χ2v) is 17.3. The summed E-state index contributed by atoms with van der Waals surface area (Å²) in [6.07, 6.45) is 4.34. The van der Waals surface area contributed by atoms with Crippen molar-refractivity contribution in [3.8, 4) is 22.5 Å². The fraction of sp³-hybridized carbons (Fsp3) is 0.276. The zero-order valence-electron chi connectivity index (χ0n) is 23.4. The Kier molecular flexibility index (Phi) is 7.52. The van der Waals surface area contributed by atoms with E-state index in [9.17, 15) is 4.79 Å². The van der Waals surface area contributed by atoms with E-state index < -0.39 is 26.0 Å². The van der Waals surface area contributed by atoms with E-state index in [4.69, 9.17) is 26.1 Å². The number of cyclic esters (lactones) is 1. The Morgan fingerprint density at radius 1 is 1.14 bits per heavy atom. The van der Waals surface area contributed by atoms with Gasteiger partial charge in [-0.25, -0.2) is 28.4 Å². The molecule has 0 saturated carbocycles. The largest absolute Gasteiger partial charge is 0.447 e. The van der Waals surface area contributed by atoms with Crippen LogP contribution in [-0.4, -0.2) is 56.7 Å². The molecule has 4 heterocycles. The van der Waals surface area contributed by atoms with Crippen molar-refractivity contribution in [2.24, 2.45) is 0 Å². The number of benzene rings is 2. The summed E-state index contributed by atoms with van der Waals surface area (Å²) in [5.74, 6) is 0.174. The zero-order chi connectivity index (χ0) is 29.4. The minimum absolute atomic E-state index is 0.166. The maximum Gasteiger partial charge on any atom is 0.416 e. The average molecular weight is 606 g/mol. The lowest BCUT2D eigenvalue weighted by atomic mass is 10.1. The highest BCUT2D eigenvalue weighted by atomic mass is 35.5. The molecule has 0 bridgehead atoms. The van der Waals surface area contributed by atoms with Gasteiger partial charge in [0.2, 0.25) is 0 Å². The van der Waals surface area contributed by atoms with E-state index >= 15 is 4.39 Å². The van der Waals surface area contributed by atoms with E-state index in [0.29, 0.717) is 34.2 Å². The summed E-state index contributed by atoms with van der Waals surface area (Å²) in [7, 11) is -1.19. The van der Waals surface area contributed by atoms with E-state index in [1.54, 1.807) is 51.9 Å². The standard InChI is InChI=1S/C29H29ClFN7O3Si/c1-42(2,3)12-11-40-18-36-17-32-27(35-36)22-8-7-19(14-24(22)31)23-15-33-37-10-9-26(34-28(23)37)38-25(16-41-29(38)39)20-5-4-6-21(30)13-20/h4-10,13-15,17,25H,11-12,16,18H2,1-3H3. The number of hydrogen-bond acceptors (Lipinski definition) is 7. The zero-order valence-corrected chi connectivity index (χ0v) is 25.1. The summed E-state index contributed by atoms with van der Waals surface area (Å²) >= 11 is 6.19. The van der Waals surface area contributed by atoms with E-state index in [2.05, 4.69) is 34.8 Å². The third-order valence-electron chi connectivity index (χ3n) is 6.99. The van der Waals surface area contributed by atoms with Gasteiger partial charge in [-0.15, -0.1) is 5.10 Å². The molecule has 0 aliphatic carbocycles. The van der Waals surface area contributed by atoms with E-state index in [-0.39, 0.29) is 24.7 Å². The van der Waals surface area contributed by atoms with Gasteiger partial charge in [0.05, 0.1) is 11.8 Å². The summed E-state index contributed by atoms with van der Waals surface area (Å²) in [4.78, 5) is 23.2. The fourth-order valence-corrected chi connectivity index (χ4v) is 5.67. The van der Waals surface area contributed by atoms with Crippen LogP contribution in [0.25, 0.3) is 28.2 Å². The quantitative estimate of drug-likeness (QED) is 0.140. The lowest BCUT2D eigenvalue weighted by Crippen LogP contribution is -2.28. The highest BCUT2D eigenvalue weighted by molar-refractivity contribution is 6.76. The number of nitrogens with zero attached hydrogens (tertiary/aromatic N) is 7. The molecule has 0 spiro atoms. The number of hydrogen-bond donors (Lipinski definition) is 0. The summed E-state index contributed by atoms with van der Waals surface area (Å²) in [6.45, 7) is 7.96. The molecule has 42 heavy (non-hydrogen) atoms. The van der Waals surface area contributed by atoms with Crippen molar-refractivity contribution in [2.75, 3.05) is 18.1 Å². The van der Waals surface area contributed by atoms with Crippen molar-refractivity contribution >= 4 is 37.2 Å². The molecule has 1 aliphatic heterocycles. The Morgan fingerprint density at radius 2 is 2.00 bits per heavy atom. The molecule has 0 N–H and O–H groups in total. The summed E-state index contributed by atoms with van der Waals surface area (Å²) in [5.41, 5.74) is 2.73. The molecule has 1 unspecified atom stereocenters. The molecular formula is C29H29ClFN7O3Si. The predicted molar refractivity (Wildman–Crippen MR) is 160 cm³/mol. The van der Waals surface area contributed by atoms with Crippen molar-refractivity contribution in [3.63, 3.8) is 0 Å². The fourth-order valence-electron chi connectivity index (χ4n) is 4.71. The third-order valence-corrected chi connectivity index (χ3v) is 8.92. The number of halogens is 2. The molecule has 1 fully saturated rings. The number of fused-ring (bicyclic) bond motifs is 1. The average Bonchev–Trinajstić information content (AvgIpc) is 3.68. The molecule has 216 valence electrons. The van der Waals surface area contributed by atoms with Crippen LogP contribution in [0.4, 0.5) is 15.0 Å². The molecule has 0 radical (unpaired) electrons. The number of rotatable bonds is 9. The van der Waals surface area contributed by atoms with Crippen LogP contribution in [0.2, 0.25) is 30.7 Å². The SMILES string of the molecule is C[Si](C)(C)CCOCn1cnc(-c2ccc(-c3cnn4ccc(N5C(=O)OCC5c5cccc(Cl)c5)nc34)cc2F)n1. The van der Waals surface area contributed by atoms with Crippen molar-refractivity contribution in [3.05, 3.63) is 83.7 Å². The van der Waals surface area contributed by atoms with Gasteiger partial charge in [0.25, 0.3) is 0 Å². The molecule has 10 nitrogen and oxygen atoms in total. The topological polar surface area (TPSA) is 99.7 Å². The first-order chi connectivity index (χ1) is 20.2. The number of anilines is 1. The first-order valence-electron chi connectivity index (χ1n) is 13.5. The molecule has 3 aromatic heterocycles. The Hall–Kier alpha value is -4.13. The van der Waals surface area contributed by atoms with Crippen molar-refractivity contribution < 1.29 is 18.7 Å². The van der Waals surface area contributed by atoms with E-state index in [0.717, 1.165) is 11.6 Å². The number of amides is 1. The molecule has 1 aliphatic rings. The smallest absolute Gasteiger partial charge is 0.416 e. The van der Waals surface area contributed by atoms with Gasteiger partial charge < -0.3 is 9.47 Å². The minimum atomic E-state index is -1.19. The highest BCUT2D eigenvalue weighted by Gasteiger charge is 2.36. The van der Waals surface area contributed by atoms with E-state index in [1.165, 1.54) is 17.3 Å². The Labute approximate surface area is 247 Å². The van der Waals surface area contributed by atoms with Crippen LogP contribution in [0.5, 0.6) is 0 Å². The third kappa shape index (κ3) is 5.78. The molecule has 1 atom stereocenters. The van der Waals surface area contributed by atoms with Crippen LogP contribution in [0.1, 0.15) is 11.6 Å². The number of carbonyl (C=O) groups excluding carboxylic acids is 1. The van der Waals surface area contributed by atoms with Gasteiger partial charge in [-0.05, 0) is 47.5 Å². The van der Waals surface area contributed by atoms with Gasteiger partial charge in [0.15, 0.2) is 11.5 Å². The van der Waals surface area contributed by atoms with Crippen molar-refractivity contribution in [1.29, 1.82) is 0 Å². The maximum atomic E-state index is 15.4. The van der Waals surface area contributed by atoms with Gasteiger partial charge in [-0.3, -0.25) is 4.90 Å². The molecular weight excluding hydrogens is 577 g/mol. The number of ether oxygens (including phenoxy) is 2. The van der Waals surface area contributed by atoms with Crippen LogP contribution in [0.15, 0.2) is 67.3 Å². The van der Waals surface area contributed by atoms with Crippen LogP contribution >= 0.6 is 11.6 Å². The Morgan fingerprint density at radius 3 is 2.79 bits per heavy atom. The number of aromatic nitrogens is 6. The van der Waals surface area contributed by atoms with Gasteiger partial charge in [-0.1, -0.05) is 49.4 Å². The summed E-state index contributed by atoms with van der Waals surface area (Å²) < 4.78 is 29.6. The van der Waals surface area contributed by atoms with Gasteiger partial charge >= 0.3 is 6.09 Å². The van der Waals surface area contributed by atoms with Crippen LogP contribution in [0.3, 0.4) is 0 Å². The molecule has 2 aromatic carbocycles. The number of carbonyl (C=O) groups is 1. The van der Waals surface area contributed by atoms with Crippen LogP contribution in [0, 0.1) is 5.82 Å². The Balaban J connectivity index is 1.25. The van der Waals surface area contributed by atoms with Crippen molar-refractivity contribution in [1.82, 2.24) is 29.4 Å². The molecule has 1 saturated heterocycles. The lowest BCUT2D eigenvalue weighted by molar-refractivity contribution is 0.0784. The lowest BCUT2D eigenvalue weighted by Gasteiger charge is -2.21. The first-order valence-corrected chi connectivity index (χ1v) is 17.6. The van der Waals surface area contributed by atoms with Crippen LogP contribution < -0.4 is 4.90 Å². The maximum absolute atomic E-state index is 15.4. The molecule has 5 aromatic rings. The normalized spacial score (nSPS) is 15.5. The van der Waals surface area contributed by atoms with E-state index in [1.807, 2.05) is 12.1 Å². The molecule has 1 amide bonds. The second-order valence-electron chi connectivity index (χ2n) is 11.3. The van der Waals surface area contributed by atoms with Crippen molar-refractivity contribution in [2.45, 2.75) is 38.5 Å². The first kappa shape index (κ1) is 28.0. The predicted octanol–water partition coefficient (Wildman–Crippen LogP) is 6.46. The molecule has 13 heteroatoms. The molecule has 6 rings (SSSR count). The second kappa shape index (κ2) is 11.3. The Bertz CT molecular complexity index is 1770. The minimum Gasteiger partial charge on any atom is -0.447 e. The van der Waals surface area contributed by atoms with Crippen LogP contribution in [-0.2, 0) is 16.2 Å². The van der Waals surface area contributed by atoms with Gasteiger partial charge in [0, 0.05) is 31.5 Å². The van der Waals surface area contributed by atoms with Gasteiger partial charge in [-0.2, -0.15) is 5.10 Å². The summed E-state index contributed by atoms with van der Waals surface area (Å²) in [5, 5.41) is 9.32. The highest BCUT2D eigenvalue weighted by Crippen LogP contribution is 2.35. The van der Waals surface area contributed by atoms with Gasteiger partial charge in [0.1, 0.15) is 37.3 Å². The summed E-state index contributed by atoms with van der Waals surface area (Å²) in [6, 6.07) is 14.4. The monoisotopic (exact) mass is 605 g/mol.